The Morgan fingerprint density at radius 1 is 1.15 bits per heavy atom. The zero-order valence-electron chi connectivity index (χ0n) is 14.7. The van der Waals surface area contributed by atoms with Crippen molar-refractivity contribution in [3.8, 4) is 11.6 Å². The molecule has 0 spiro atoms. The average molecular weight is 373 g/mol. The quantitative estimate of drug-likeness (QED) is 0.824. The molecule has 1 aromatic carbocycles. The summed E-state index contributed by atoms with van der Waals surface area (Å²) in [4.78, 5) is 24.9. The number of benzene rings is 1. The highest BCUT2D eigenvalue weighted by molar-refractivity contribution is 6.31. The van der Waals surface area contributed by atoms with Crippen molar-refractivity contribution < 1.29 is 9.53 Å². The summed E-state index contributed by atoms with van der Waals surface area (Å²) in [6.07, 6.45) is 3.61. The normalized spacial score (nSPS) is 17.3. The van der Waals surface area contributed by atoms with E-state index >= 15 is 0 Å². The van der Waals surface area contributed by atoms with Crippen LogP contribution in [0.2, 0.25) is 5.02 Å². The van der Waals surface area contributed by atoms with Gasteiger partial charge in [0.2, 0.25) is 11.8 Å². The molecule has 1 amide bonds. The third-order valence-corrected chi connectivity index (χ3v) is 5.25. The summed E-state index contributed by atoms with van der Waals surface area (Å²) in [5.41, 5.74) is 0.954. The smallest absolute Gasteiger partial charge is 0.225 e. The molecule has 1 aliphatic heterocycles. The molecule has 136 valence electrons. The number of halogens is 1. The Bertz CT molecular complexity index is 817. The van der Waals surface area contributed by atoms with Crippen molar-refractivity contribution in [2.24, 2.45) is 5.92 Å². The zero-order valence-corrected chi connectivity index (χ0v) is 15.4. The highest BCUT2D eigenvalue weighted by atomic mass is 35.5. The topological polar surface area (TPSA) is 58.6 Å². The average Bonchev–Trinajstić information content (AvgIpc) is 3.50. The number of nitrogens with zero attached hydrogens (tertiary/aromatic N) is 4. The molecule has 2 heterocycles. The Morgan fingerprint density at radius 3 is 2.62 bits per heavy atom. The molecule has 2 aliphatic rings. The van der Waals surface area contributed by atoms with Crippen LogP contribution in [0.5, 0.6) is 11.6 Å². The van der Waals surface area contributed by atoms with Crippen molar-refractivity contribution in [2.45, 2.75) is 19.8 Å². The minimum Gasteiger partial charge on any atom is -0.439 e. The van der Waals surface area contributed by atoms with Crippen molar-refractivity contribution in [2.75, 3.05) is 31.1 Å². The molecule has 0 radical (unpaired) electrons. The van der Waals surface area contributed by atoms with Gasteiger partial charge in [-0.15, -0.1) is 0 Å². The van der Waals surface area contributed by atoms with Gasteiger partial charge in [-0.3, -0.25) is 4.79 Å². The SMILES string of the molecule is Cc1cc(Oc2cc(N3CCN(C(=O)C4CC4)CC3)ncn2)ccc1Cl. The lowest BCUT2D eigenvalue weighted by molar-refractivity contribution is -0.132. The number of hydrogen-bond donors (Lipinski definition) is 0. The molecule has 1 saturated carbocycles. The second-order valence-electron chi connectivity index (χ2n) is 6.81. The summed E-state index contributed by atoms with van der Waals surface area (Å²) in [6, 6.07) is 7.35. The lowest BCUT2D eigenvalue weighted by Crippen LogP contribution is -2.49. The summed E-state index contributed by atoms with van der Waals surface area (Å²) in [7, 11) is 0. The molecule has 1 saturated heterocycles. The van der Waals surface area contributed by atoms with Gasteiger partial charge in [0.25, 0.3) is 0 Å². The Labute approximate surface area is 157 Å². The predicted octanol–water partition coefficient (Wildman–Crippen LogP) is 3.29. The van der Waals surface area contributed by atoms with Crippen molar-refractivity contribution in [3.05, 3.63) is 41.2 Å². The zero-order chi connectivity index (χ0) is 18.1. The maximum atomic E-state index is 12.2. The first-order chi connectivity index (χ1) is 12.6. The summed E-state index contributed by atoms with van der Waals surface area (Å²) in [6.45, 7) is 4.96. The third-order valence-electron chi connectivity index (χ3n) is 4.82. The molecule has 0 bridgehead atoms. The molecule has 6 nitrogen and oxygen atoms in total. The van der Waals surface area contributed by atoms with Crippen LogP contribution in [-0.4, -0.2) is 47.0 Å². The number of piperazine rings is 1. The van der Waals surface area contributed by atoms with Crippen LogP contribution in [0.3, 0.4) is 0 Å². The van der Waals surface area contributed by atoms with E-state index in [4.69, 9.17) is 16.3 Å². The van der Waals surface area contributed by atoms with Gasteiger partial charge >= 0.3 is 0 Å². The monoisotopic (exact) mass is 372 g/mol. The number of aryl methyl sites for hydroxylation is 1. The van der Waals surface area contributed by atoms with Gasteiger partial charge in [-0.1, -0.05) is 11.6 Å². The van der Waals surface area contributed by atoms with Crippen LogP contribution >= 0.6 is 11.6 Å². The molecule has 1 aliphatic carbocycles. The van der Waals surface area contributed by atoms with E-state index in [0.29, 0.717) is 22.6 Å². The molecule has 1 aromatic heterocycles. The van der Waals surface area contributed by atoms with Crippen LogP contribution in [0.15, 0.2) is 30.6 Å². The van der Waals surface area contributed by atoms with Gasteiger partial charge in [-0.25, -0.2) is 9.97 Å². The fraction of sp³-hybridized carbons (Fsp3) is 0.421. The van der Waals surface area contributed by atoms with Crippen LogP contribution in [-0.2, 0) is 4.79 Å². The predicted molar refractivity (Wildman–Crippen MR) is 99.8 cm³/mol. The fourth-order valence-electron chi connectivity index (χ4n) is 3.10. The van der Waals surface area contributed by atoms with E-state index in [2.05, 4.69) is 14.9 Å². The summed E-state index contributed by atoms with van der Waals surface area (Å²) in [5.74, 6) is 2.60. The van der Waals surface area contributed by atoms with E-state index < -0.39 is 0 Å². The largest absolute Gasteiger partial charge is 0.439 e. The standard InChI is InChI=1S/C19H21ClN4O2/c1-13-10-15(4-5-16(13)20)26-18-11-17(21-12-22-18)23-6-8-24(9-7-23)19(25)14-2-3-14/h4-5,10-12,14H,2-3,6-9H2,1H3. The van der Waals surface area contributed by atoms with Gasteiger partial charge in [-0.2, -0.15) is 0 Å². The van der Waals surface area contributed by atoms with Crippen molar-refractivity contribution >= 4 is 23.3 Å². The van der Waals surface area contributed by atoms with Gasteiger partial charge in [0, 0.05) is 43.2 Å². The summed E-state index contributed by atoms with van der Waals surface area (Å²) >= 11 is 6.05. The van der Waals surface area contributed by atoms with Gasteiger partial charge < -0.3 is 14.5 Å². The van der Waals surface area contributed by atoms with Crippen LogP contribution in [0.25, 0.3) is 0 Å². The van der Waals surface area contributed by atoms with Crippen LogP contribution in [0.4, 0.5) is 5.82 Å². The van der Waals surface area contributed by atoms with Gasteiger partial charge in [0.15, 0.2) is 0 Å². The number of aromatic nitrogens is 2. The molecule has 0 atom stereocenters. The molecular weight excluding hydrogens is 352 g/mol. The Kier molecular flexibility index (Phi) is 4.68. The second kappa shape index (κ2) is 7.11. The first kappa shape index (κ1) is 17.1. The van der Waals surface area contributed by atoms with Crippen molar-refractivity contribution in [1.82, 2.24) is 14.9 Å². The Morgan fingerprint density at radius 2 is 1.92 bits per heavy atom. The summed E-state index contributed by atoms with van der Waals surface area (Å²) in [5, 5.41) is 0.708. The van der Waals surface area contributed by atoms with Gasteiger partial charge in [0.05, 0.1) is 0 Å². The van der Waals surface area contributed by atoms with E-state index in [9.17, 15) is 4.79 Å². The number of carbonyl (C=O) groups is 1. The molecule has 2 fully saturated rings. The molecule has 4 rings (SSSR count). The fourth-order valence-corrected chi connectivity index (χ4v) is 3.22. The van der Waals surface area contributed by atoms with E-state index in [-0.39, 0.29) is 5.92 Å². The third kappa shape index (κ3) is 3.75. The number of rotatable bonds is 4. The molecule has 7 heteroatoms. The molecule has 26 heavy (non-hydrogen) atoms. The van der Waals surface area contributed by atoms with E-state index in [1.165, 1.54) is 6.33 Å². The van der Waals surface area contributed by atoms with E-state index in [1.807, 2.05) is 36.1 Å². The number of amides is 1. The minimum atomic E-state index is 0.281. The first-order valence-corrected chi connectivity index (χ1v) is 9.28. The maximum absolute atomic E-state index is 12.2. The molecule has 0 unspecified atom stereocenters. The Hall–Kier alpha value is -2.34. The van der Waals surface area contributed by atoms with Gasteiger partial charge in [-0.05, 0) is 43.5 Å². The van der Waals surface area contributed by atoms with Crippen LogP contribution in [0, 0.1) is 12.8 Å². The molecular formula is C19H21ClN4O2. The molecule has 0 N–H and O–H groups in total. The lowest BCUT2D eigenvalue weighted by atomic mass is 10.2. The number of hydrogen-bond acceptors (Lipinski definition) is 5. The second-order valence-corrected chi connectivity index (χ2v) is 7.22. The summed E-state index contributed by atoms with van der Waals surface area (Å²) < 4.78 is 5.84. The molecule has 2 aromatic rings. The Balaban J connectivity index is 1.41. The highest BCUT2D eigenvalue weighted by Crippen LogP contribution is 2.31. The minimum absolute atomic E-state index is 0.281. The van der Waals surface area contributed by atoms with Crippen molar-refractivity contribution in [3.63, 3.8) is 0 Å². The number of anilines is 1. The van der Waals surface area contributed by atoms with E-state index in [1.54, 1.807) is 0 Å². The first-order valence-electron chi connectivity index (χ1n) is 8.90. The van der Waals surface area contributed by atoms with Crippen LogP contribution < -0.4 is 9.64 Å². The highest BCUT2D eigenvalue weighted by Gasteiger charge is 2.34. The van der Waals surface area contributed by atoms with Gasteiger partial charge in [0.1, 0.15) is 17.9 Å². The number of carbonyl (C=O) groups excluding carboxylic acids is 1. The maximum Gasteiger partial charge on any atom is 0.225 e. The van der Waals surface area contributed by atoms with Crippen LogP contribution in [0.1, 0.15) is 18.4 Å². The lowest BCUT2D eigenvalue weighted by Gasteiger charge is -2.35. The van der Waals surface area contributed by atoms with E-state index in [0.717, 1.165) is 50.4 Å². The number of ether oxygens (including phenoxy) is 1. The van der Waals surface area contributed by atoms with Crippen molar-refractivity contribution in [1.29, 1.82) is 0 Å².